The van der Waals surface area contributed by atoms with Gasteiger partial charge in [0.2, 0.25) is 0 Å². The van der Waals surface area contributed by atoms with Crippen LogP contribution >= 0.6 is 11.8 Å². The molecule has 0 fully saturated rings. The molecule has 9 heteroatoms. The highest BCUT2D eigenvalue weighted by molar-refractivity contribution is 7.98. The first-order valence-corrected chi connectivity index (χ1v) is 11.6. The second kappa shape index (κ2) is 11.4. The number of fused-ring (bicyclic) bond motifs is 1. The van der Waals surface area contributed by atoms with Gasteiger partial charge in [0, 0.05) is 11.3 Å². The molecule has 1 aromatic heterocycles. The number of carbonyl (C=O) groups is 2. The molecule has 0 atom stereocenters. The Labute approximate surface area is 201 Å². The fraction of sp³-hybridized carbons (Fsp3) is 0.160. The zero-order valence-electron chi connectivity index (χ0n) is 18.5. The second-order valence-electron chi connectivity index (χ2n) is 7.39. The maximum absolute atomic E-state index is 12.3. The molecule has 4 aromatic rings. The predicted molar refractivity (Wildman–Crippen MR) is 130 cm³/mol. The monoisotopic (exact) mass is 476 g/mol. The number of aromatic nitrogens is 2. The number of imidazole rings is 1. The molecule has 0 radical (unpaired) electrons. The van der Waals surface area contributed by atoms with Gasteiger partial charge in [0.25, 0.3) is 11.8 Å². The van der Waals surface area contributed by atoms with E-state index in [1.165, 1.54) is 0 Å². The Morgan fingerprint density at radius 1 is 0.971 bits per heavy atom. The minimum absolute atomic E-state index is 0.185. The van der Waals surface area contributed by atoms with E-state index in [0.717, 1.165) is 33.1 Å². The number of amides is 2. The van der Waals surface area contributed by atoms with Gasteiger partial charge in [-0.15, -0.1) is 0 Å². The average Bonchev–Trinajstić information content (AvgIpc) is 3.29. The van der Waals surface area contributed by atoms with Crippen LogP contribution in [-0.4, -0.2) is 35.5 Å². The standard InChI is InChI=1S/C25H24N4O4S/c1-32-20-6-4-5-18(13-20)14-33-15-23(30)28-29-24(31)19-11-9-17(10-12-19)16-34-25-26-21-7-2-3-8-22(21)27-25/h2-13H,14-16H2,1H3,(H,26,27)(H,28,30)(H,29,31). The molecule has 34 heavy (non-hydrogen) atoms. The van der Waals surface area contributed by atoms with Crippen molar-refractivity contribution in [1.82, 2.24) is 20.8 Å². The van der Waals surface area contributed by atoms with Crippen molar-refractivity contribution in [3.05, 3.63) is 89.5 Å². The number of nitrogens with one attached hydrogen (secondary N) is 3. The zero-order valence-corrected chi connectivity index (χ0v) is 19.4. The number of hydrogen-bond acceptors (Lipinski definition) is 6. The molecule has 0 aliphatic carbocycles. The van der Waals surface area contributed by atoms with Gasteiger partial charge >= 0.3 is 0 Å². The Bertz CT molecular complexity index is 1240. The third-order valence-electron chi connectivity index (χ3n) is 4.91. The largest absolute Gasteiger partial charge is 0.497 e. The lowest BCUT2D eigenvalue weighted by molar-refractivity contribution is -0.126. The summed E-state index contributed by atoms with van der Waals surface area (Å²) in [4.78, 5) is 32.1. The molecule has 0 aliphatic rings. The van der Waals surface area contributed by atoms with Crippen LogP contribution in [0.4, 0.5) is 0 Å². The van der Waals surface area contributed by atoms with Crippen LogP contribution in [0.1, 0.15) is 21.5 Å². The Balaban J connectivity index is 1.19. The van der Waals surface area contributed by atoms with Crippen LogP contribution in [0.5, 0.6) is 5.75 Å². The summed E-state index contributed by atoms with van der Waals surface area (Å²) in [6.45, 7) is 0.0709. The first kappa shape index (κ1) is 23.3. The van der Waals surface area contributed by atoms with E-state index < -0.39 is 11.8 Å². The van der Waals surface area contributed by atoms with Crippen molar-refractivity contribution in [1.29, 1.82) is 0 Å². The fourth-order valence-corrected chi connectivity index (χ4v) is 4.00. The summed E-state index contributed by atoms with van der Waals surface area (Å²) in [5.74, 6) is 0.577. The average molecular weight is 477 g/mol. The van der Waals surface area contributed by atoms with Crippen LogP contribution in [0.15, 0.2) is 78.0 Å². The van der Waals surface area contributed by atoms with Crippen LogP contribution < -0.4 is 15.6 Å². The molecule has 0 spiro atoms. The molecule has 0 saturated heterocycles. The van der Waals surface area contributed by atoms with Gasteiger partial charge in [0.1, 0.15) is 12.4 Å². The van der Waals surface area contributed by atoms with Gasteiger partial charge in [-0.1, -0.05) is 48.2 Å². The van der Waals surface area contributed by atoms with E-state index in [1.54, 1.807) is 31.0 Å². The molecule has 2 amide bonds. The van der Waals surface area contributed by atoms with Crippen LogP contribution in [0.2, 0.25) is 0 Å². The van der Waals surface area contributed by atoms with Crippen molar-refractivity contribution in [2.75, 3.05) is 13.7 Å². The van der Waals surface area contributed by atoms with Gasteiger partial charge in [-0.2, -0.15) is 0 Å². The maximum atomic E-state index is 12.3. The minimum Gasteiger partial charge on any atom is -0.497 e. The number of benzene rings is 3. The molecule has 0 unspecified atom stereocenters. The van der Waals surface area contributed by atoms with Gasteiger partial charge in [0.15, 0.2) is 5.16 Å². The van der Waals surface area contributed by atoms with Crippen LogP contribution in [0.25, 0.3) is 11.0 Å². The summed E-state index contributed by atoms with van der Waals surface area (Å²) >= 11 is 1.59. The quantitative estimate of drug-likeness (QED) is 0.250. The van der Waals surface area contributed by atoms with Crippen molar-refractivity contribution in [2.24, 2.45) is 0 Å². The SMILES string of the molecule is COc1cccc(COCC(=O)NNC(=O)c2ccc(CSc3nc4ccccc4[nH]3)cc2)c1. The molecule has 4 rings (SSSR count). The molecular formula is C25H24N4O4S. The second-order valence-corrected chi connectivity index (χ2v) is 8.36. The number of ether oxygens (including phenoxy) is 2. The first-order valence-electron chi connectivity index (χ1n) is 10.6. The highest BCUT2D eigenvalue weighted by atomic mass is 32.2. The Hall–Kier alpha value is -3.82. The van der Waals surface area contributed by atoms with Gasteiger partial charge < -0.3 is 14.5 Å². The van der Waals surface area contributed by atoms with E-state index in [9.17, 15) is 9.59 Å². The summed E-state index contributed by atoms with van der Waals surface area (Å²) in [5, 5.41) is 0.847. The number of hydrazine groups is 1. The van der Waals surface area contributed by atoms with Crippen molar-refractivity contribution in [3.63, 3.8) is 0 Å². The molecule has 174 valence electrons. The normalized spacial score (nSPS) is 10.7. The third-order valence-corrected chi connectivity index (χ3v) is 5.86. The summed E-state index contributed by atoms with van der Waals surface area (Å²) in [5.41, 5.74) is 9.07. The highest BCUT2D eigenvalue weighted by Gasteiger charge is 2.09. The number of thioether (sulfide) groups is 1. The summed E-state index contributed by atoms with van der Waals surface area (Å²) in [7, 11) is 1.59. The minimum atomic E-state index is -0.449. The number of H-pyrrole nitrogens is 1. The van der Waals surface area contributed by atoms with Crippen LogP contribution in [0, 0.1) is 0 Å². The van der Waals surface area contributed by atoms with Gasteiger partial charge in [-0.05, 0) is 47.5 Å². The zero-order chi connectivity index (χ0) is 23.8. The van der Waals surface area contributed by atoms with Crippen molar-refractivity contribution >= 4 is 34.6 Å². The maximum Gasteiger partial charge on any atom is 0.269 e. The Morgan fingerprint density at radius 3 is 2.59 bits per heavy atom. The van der Waals surface area contributed by atoms with E-state index in [2.05, 4.69) is 20.8 Å². The first-order chi connectivity index (χ1) is 16.6. The number of para-hydroxylation sites is 2. The highest BCUT2D eigenvalue weighted by Crippen LogP contribution is 2.23. The molecule has 0 aliphatic heterocycles. The summed E-state index contributed by atoms with van der Waals surface area (Å²) in [6, 6.07) is 22.5. The van der Waals surface area contributed by atoms with E-state index in [4.69, 9.17) is 9.47 Å². The molecule has 3 aromatic carbocycles. The number of hydrogen-bond donors (Lipinski definition) is 3. The number of methoxy groups -OCH3 is 1. The topological polar surface area (TPSA) is 105 Å². The van der Waals surface area contributed by atoms with Gasteiger partial charge in [-0.3, -0.25) is 20.4 Å². The summed E-state index contributed by atoms with van der Waals surface area (Å²) < 4.78 is 10.5. The van der Waals surface area contributed by atoms with Crippen molar-refractivity contribution in [3.8, 4) is 5.75 Å². The van der Waals surface area contributed by atoms with E-state index in [0.29, 0.717) is 11.3 Å². The molecule has 0 saturated carbocycles. The Morgan fingerprint density at radius 2 is 1.79 bits per heavy atom. The lowest BCUT2D eigenvalue weighted by atomic mass is 10.1. The lowest BCUT2D eigenvalue weighted by Crippen LogP contribution is -2.43. The van der Waals surface area contributed by atoms with E-state index in [1.807, 2.05) is 60.7 Å². The number of carbonyl (C=O) groups excluding carboxylic acids is 2. The predicted octanol–water partition coefficient (Wildman–Crippen LogP) is 3.84. The molecule has 0 bridgehead atoms. The smallest absolute Gasteiger partial charge is 0.269 e. The van der Waals surface area contributed by atoms with Crippen molar-refractivity contribution in [2.45, 2.75) is 17.5 Å². The number of rotatable bonds is 9. The molecule has 3 N–H and O–H groups in total. The molecular weight excluding hydrogens is 452 g/mol. The van der Waals surface area contributed by atoms with Gasteiger partial charge in [-0.25, -0.2) is 4.98 Å². The number of aromatic amines is 1. The fourth-order valence-electron chi connectivity index (χ4n) is 3.16. The molecule has 1 heterocycles. The molecule has 8 nitrogen and oxygen atoms in total. The van der Waals surface area contributed by atoms with E-state index in [-0.39, 0.29) is 13.2 Å². The lowest BCUT2D eigenvalue weighted by Gasteiger charge is -2.09. The third kappa shape index (κ3) is 6.37. The van der Waals surface area contributed by atoms with Crippen LogP contribution in [0.3, 0.4) is 0 Å². The van der Waals surface area contributed by atoms with Crippen LogP contribution in [-0.2, 0) is 21.9 Å². The Kier molecular flexibility index (Phi) is 7.79. The van der Waals surface area contributed by atoms with E-state index >= 15 is 0 Å². The van der Waals surface area contributed by atoms with Gasteiger partial charge in [0.05, 0.1) is 24.8 Å². The number of nitrogens with zero attached hydrogens (tertiary/aromatic N) is 1. The summed E-state index contributed by atoms with van der Waals surface area (Å²) in [6.07, 6.45) is 0. The van der Waals surface area contributed by atoms with Crippen molar-refractivity contribution < 1.29 is 19.1 Å².